The molecule has 0 saturated carbocycles. The largest absolute Gasteiger partial charge is 0.345 e. The lowest BCUT2D eigenvalue weighted by molar-refractivity contribution is -0.385. The molecule has 3 rings (SSSR count). The second-order valence-corrected chi connectivity index (χ2v) is 7.40. The van der Waals surface area contributed by atoms with Crippen LogP contribution < -0.4 is 0 Å². The molecule has 0 N–H and O–H groups in total. The first-order chi connectivity index (χ1) is 13.9. The van der Waals surface area contributed by atoms with Gasteiger partial charge in [-0.2, -0.15) is 0 Å². The van der Waals surface area contributed by atoms with Gasteiger partial charge in [0.25, 0.3) is 11.6 Å². The van der Waals surface area contributed by atoms with E-state index < -0.39 is 4.92 Å². The third kappa shape index (κ3) is 4.71. The van der Waals surface area contributed by atoms with Crippen molar-refractivity contribution in [2.24, 2.45) is 0 Å². The molecule has 0 aliphatic carbocycles. The van der Waals surface area contributed by atoms with Crippen LogP contribution in [0.1, 0.15) is 41.0 Å². The fourth-order valence-corrected chi connectivity index (χ4v) is 3.30. The Hall–Kier alpha value is -3.41. The van der Waals surface area contributed by atoms with E-state index in [9.17, 15) is 14.9 Å². The van der Waals surface area contributed by atoms with E-state index in [1.807, 2.05) is 50.4 Å². The van der Waals surface area contributed by atoms with Crippen molar-refractivity contribution in [2.75, 3.05) is 0 Å². The zero-order valence-corrected chi connectivity index (χ0v) is 16.9. The molecule has 150 valence electrons. The Balaban J connectivity index is 1.85. The minimum absolute atomic E-state index is 0.0352. The Bertz CT molecular complexity index is 1010. The number of nitrogens with zero attached hydrogens (tertiary/aromatic N) is 3. The number of aryl methyl sites for hydroxylation is 1. The number of nitro benzene ring substituents is 1. The summed E-state index contributed by atoms with van der Waals surface area (Å²) in [6.07, 6.45) is 2.00. The van der Waals surface area contributed by atoms with Crippen LogP contribution in [0.5, 0.6) is 0 Å². The second-order valence-electron chi connectivity index (χ2n) is 7.40. The van der Waals surface area contributed by atoms with Crippen LogP contribution in [0.3, 0.4) is 0 Å². The molecular weight excluding hydrogens is 366 g/mol. The standard InChI is InChI=1S/C23H25N3O3/c1-17(2)25(23(27)20-12-11-18(3)22(14-20)26(28)29)16-21-10-7-13-24(21)15-19-8-5-4-6-9-19/h4-14,17H,15-16H2,1-3H3. The third-order valence-corrected chi connectivity index (χ3v) is 4.99. The van der Waals surface area contributed by atoms with Crippen LogP contribution >= 0.6 is 0 Å². The normalized spacial score (nSPS) is 10.9. The highest BCUT2D eigenvalue weighted by molar-refractivity contribution is 5.95. The summed E-state index contributed by atoms with van der Waals surface area (Å²) in [6.45, 7) is 6.72. The van der Waals surface area contributed by atoms with Gasteiger partial charge in [-0.25, -0.2) is 0 Å². The minimum atomic E-state index is -0.448. The molecule has 0 spiro atoms. The molecule has 0 aliphatic rings. The molecule has 0 saturated heterocycles. The predicted molar refractivity (Wildman–Crippen MR) is 113 cm³/mol. The van der Waals surface area contributed by atoms with Crippen LogP contribution in [0.4, 0.5) is 5.69 Å². The van der Waals surface area contributed by atoms with E-state index >= 15 is 0 Å². The molecule has 0 radical (unpaired) electrons. The molecule has 1 amide bonds. The monoisotopic (exact) mass is 391 g/mol. The Morgan fingerprint density at radius 1 is 1.10 bits per heavy atom. The number of aromatic nitrogens is 1. The Morgan fingerprint density at radius 2 is 1.83 bits per heavy atom. The number of carbonyl (C=O) groups is 1. The summed E-state index contributed by atoms with van der Waals surface area (Å²) in [6, 6.07) is 18.7. The molecule has 2 aromatic carbocycles. The van der Waals surface area contributed by atoms with Crippen molar-refractivity contribution in [3.63, 3.8) is 0 Å². The maximum atomic E-state index is 13.2. The fourth-order valence-electron chi connectivity index (χ4n) is 3.30. The smallest absolute Gasteiger partial charge is 0.273 e. The first-order valence-electron chi connectivity index (χ1n) is 9.60. The average Bonchev–Trinajstić information content (AvgIpc) is 3.13. The van der Waals surface area contributed by atoms with E-state index in [1.165, 1.54) is 11.6 Å². The molecule has 0 fully saturated rings. The second kappa shape index (κ2) is 8.73. The molecule has 0 bridgehead atoms. The molecule has 0 aliphatic heterocycles. The topological polar surface area (TPSA) is 68.4 Å². The van der Waals surface area contributed by atoms with E-state index in [-0.39, 0.29) is 17.6 Å². The molecule has 3 aromatic rings. The maximum Gasteiger partial charge on any atom is 0.273 e. The molecule has 0 atom stereocenters. The van der Waals surface area contributed by atoms with E-state index in [2.05, 4.69) is 16.7 Å². The highest BCUT2D eigenvalue weighted by Gasteiger charge is 2.23. The zero-order valence-electron chi connectivity index (χ0n) is 16.9. The predicted octanol–water partition coefficient (Wildman–Crippen LogP) is 4.80. The van der Waals surface area contributed by atoms with Crippen LogP contribution in [0.25, 0.3) is 0 Å². The number of benzene rings is 2. The molecule has 1 heterocycles. The SMILES string of the molecule is Cc1ccc(C(=O)N(Cc2cccn2Cc2ccccc2)C(C)C)cc1[N+](=O)[O-]. The number of amides is 1. The van der Waals surface area contributed by atoms with Crippen LogP contribution in [-0.2, 0) is 13.1 Å². The third-order valence-electron chi connectivity index (χ3n) is 4.99. The van der Waals surface area contributed by atoms with Crippen LogP contribution in [0.15, 0.2) is 66.9 Å². The summed E-state index contributed by atoms with van der Waals surface area (Å²) in [7, 11) is 0. The van der Waals surface area contributed by atoms with Crippen molar-refractivity contribution in [3.05, 3.63) is 99.4 Å². The van der Waals surface area contributed by atoms with E-state index in [0.717, 1.165) is 12.2 Å². The van der Waals surface area contributed by atoms with Gasteiger partial charge >= 0.3 is 0 Å². The van der Waals surface area contributed by atoms with Gasteiger partial charge in [0.15, 0.2) is 0 Å². The summed E-state index contributed by atoms with van der Waals surface area (Å²) >= 11 is 0. The van der Waals surface area contributed by atoms with Gasteiger partial charge in [-0.1, -0.05) is 36.4 Å². The molecule has 6 heteroatoms. The number of hydrogen-bond donors (Lipinski definition) is 0. The quantitative estimate of drug-likeness (QED) is 0.429. The minimum Gasteiger partial charge on any atom is -0.345 e. The fraction of sp³-hybridized carbons (Fsp3) is 0.261. The van der Waals surface area contributed by atoms with Gasteiger partial charge in [0.1, 0.15) is 0 Å². The number of carbonyl (C=O) groups excluding carboxylic acids is 1. The summed E-state index contributed by atoms with van der Waals surface area (Å²) < 4.78 is 2.12. The van der Waals surface area contributed by atoms with Crippen LogP contribution in [0, 0.1) is 17.0 Å². The van der Waals surface area contributed by atoms with Crippen molar-refractivity contribution < 1.29 is 9.72 Å². The summed E-state index contributed by atoms with van der Waals surface area (Å²) in [5.74, 6) is -0.212. The van der Waals surface area contributed by atoms with Crippen molar-refractivity contribution >= 4 is 11.6 Å². The van der Waals surface area contributed by atoms with Gasteiger partial charge in [0.2, 0.25) is 0 Å². The first-order valence-corrected chi connectivity index (χ1v) is 9.60. The van der Waals surface area contributed by atoms with Gasteiger partial charge in [0, 0.05) is 41.7 Å². The van der Waals surface area contributed by atoms with E-state index in [0.29, 0.717) is 17.7 Å². The summed E-state index contributed by atoms with van der Waals surface area (Å²) in [4.78, 5) is 25.7. The summed E-state index contributed by atoms with van der Waals surface area (Å²) in [5.41, 5.74) is 3.03. The lowest BCUT2D eigenvalue weighted by atomic mass is 10.1. The van der Waals surface area contributed by atoms with Crippen molar-refractivity contribution in [2.45, 2.75) is 39.9 Å². The van der Waals surface area contributed by atoms with Crippen LogP contribution in [0.2, 0.25) is 0 Å². The van der Waals surface area contributed by atoms with Crippen molar-refractivity contribution in [1.82, 2.24) is 9.47 Å². The number of rotatable bonds is 7. The lowest BCUT2D eigenvalue weighted by Crippen LogP contribution is -2.37. The highest BCUT2D eigenvalue weighted by Crippen LogP contribution is 2.22. The maximum absolute atomic E-state index is 13.2. The Kier molecular flexibility index (Phi) is 6.12. The number of hydrogen-bond acceptors (Lipinski definition) is 3. The summed E-state index contributed by atoms with van der Waals surface area (Å²) in [5, 5.41) is 11.3. The zero-order chi connectivity index (χ0) is 21.0. The van der Waals surface area contributed by atoms with E-state index in [1.54, 1.807) is 24.0 Å². The van der Waals surface area contributed by atoms with Gasteiger partial charge < -0.3 is 9.47 Å². The molecule has 0 unspecified atom stereocenters. The van der Waals surface area contributed by atoms with E-state index in [4.69, 9.17) is 0 Å². The van der Waals surface area contributed by atoms with Crippen molar-refractivity contribution in [3.8, 4) is 0 Å². The first kappa shape index (κ1) is 20.3. The lowest BCUT2D eigenvalue weighted by Gasteiger charge is -2.27. The Labute approximate surface area is 170 Å². The highest BCUT2D eigenvalue weighted by atomic mass is 16.6. The number of nitro groups is 1. The van der Waals surface area contributed by atoms with Crippen LogP contribution in [-0.4, -0.2) is 26.3 Å². The molecule has 1 aromatic heterocycles. The van der Waals surface area contributed by atoms with Crippen molar-refractivity contribution in [1.29, 1.82) is 0 Å². The van der Waals surface area contributed by atoms with Gasteiger partial charge in [0.05, 0.1) is 11.5 Å². The van der Waals surface area contributed by atoms with Gasteiger partial charge in [-0.05, 0) is 44.5 Å². The molecule has 6 nitrogen and oxygen atoms in total. The molecule has 29 heavy (non-hydrogen) atoms. The van der Waals surface area contributed by atoms with Gasteiger partial charge in [-0.3, -0.25) is 14.9 Å². The van der Waals surface area contributed by atoms with Gasteiger partial charge in [-0.15, -0.1) is 0 Å². The Morgan fingerprint density at radius 3 is 2.48 bits per heavy atom. The average molecular weight is 391 g/mol. The molecular formula is C23H25N3O3.